The Kier molecular flexibility index (Phi) is 6.53. The number of halogens is 2. The van der Waals surface area contributed by atoms with Gasteiger partial charge in [0.15, 0.2) is 16.5 Å². The predicted octanol–water partition coefficient (Wildman–Crippen LogP) is 2.22. The largest absolute Gasteiger partial charge is 0.503 e. The van der Waals surface area contributed by atoms with Crippen LogP contribution in [0.15, 0.2) is 29.2 Å². The highest BCUT2D eigenvalue weighted by molar-refractivity contribution is 7.14. The van der Waals surface area contributed by atoms with Gasteiger partial charge in [-0.25, -0.2) is 14.2 Å². The zero-order valence-corrected chi connectivity index (χ0v) is 17.0. The zero-order chi connectivity index (χ0) is 21.8. The van der Waals surface area contributed by atoms with E-state index in [4.69, 9.17) is 0 Å². The van der Waals surface area contributed by atoms with E-state index in [1.165, 1.54) is 23.9 Å². The third kappa shape index (κ3) is 4.36. The second-order valence-electron chi connectivity index (χ2n) is 6.38. The van der Waals surface area contributed by atoms with Gasteiger partial charge in [0.1, 0.15) is 16.6 Å². The van der Waals surface area contributed by atoms with Crippen molar-refractivity contribution in [3.63, 3.8) is 0 Å². The molecule has 2 heterocycles. The first-order valence-electron chi connectivity index (χ1n) is 9.05. The Hall–Kier alpha value is -3.18. The molecule has 0 bridgehead atoms. The number of amides is 1. The summed E-state index contributed by atoms with van der Waals surface area (Å²) in [6, 6.07) is 3.26. The van der Waals surface area contributed by atoms with Crippen molar-refractivity contribution < 1.29 is 18.7 Å². The number of hydrogen-bond donors (Lipinski definition) is 3. The molecule has 30 heavy (non-hydrogen) atoms. The lowest BCUT2D eigenvalue weighted by Crippen LogP contribution is -2.37. The second kappa shape index (κ2) is 9.09. The molecule has 3 aromatic rings. The minimum absolute atomic E-state index is 0.0710. The quantitative estimate of drug-likeness (QED) is 0.491. The molecule has 0 aliphatic carbocycles. The average Bonchev–Trinajstić information content (AvgIpc) is 3.15. The number of hydrogen-bond acceptors (Lipinski definition) is 7. The van der Waals surface area contributed by atoms with Crippen LogP contribution in [0, 0.1) is 11.6 Å². The van der Waals surface area contributed by atoms with Crippen LogP contribution in [0.2, 0.25) is 0 Å². The highest BCUT2D eigenvalue weighted by atomic mass is 32.1. The maximum Gasteiger partial charge on any atom is 0.285 e. The standard InChI is InChI=1S/C19H19F2N5O3S/c1-3-6-26-9-12(16(27)17(28)15(26)18(29)24-22-2)19-25-23-14(30-19)7-10-4-5-11(20)8-13(10)21/h4-5,8-9,22,28H,3,6-7H2,1-2H3,(H,24,29). The summed E-state index contributed by atoms with van der Waals surface area (Å²) in [5, 5.41) is 19.0. The highest BCUT2D eigenvalue weighted by Crippen LogP contribution is 2.26. The van der Waals surface area contributed by atoms with E-state index in [9.17, 15) is 23.5 Å². The molecule has 0 fully saturated rings. The third-order valence-electron chi connectivity index (χ3n) is 4.23. The van der Waals surface area contributed by atoms with Crippen molar-refractivity contribution >= 4 is 17.2 Å². The summed E-state index contributed by atoms with van der Waals surface area (Å²) in [7, 11) is 1.48. The Morgan fingerprint density at radius 1 is 1.30 bits per heavy atom. The minimum atomic E-state index is -0.765. The molecule has 0 aliphatic rings. The zero-order valence-electron chi connectivity index (χ0n) is 16.2. The monoisotopic (exact) mass is 435 g/mol. The van der Waals surface area contributed by atoms with Crippen LogP contribution in [0.4, 0.5) is 8.78 Å². The van der Waals surface area contributed by atoms with Gasteiger partial charge >= 0.3 is 0 Å². The Morgan fingerprint density at radius 2 is 2.07 bits per heavy atom. The summed E-state index contributed by atoms with van der Waals surface area (Å²) in [6.45, 7) is 2.26. The number of aromatic nitrogens is 3. The van der Waals surface area contributed by atoms with Gasteiger partial charge < -0.3 is 9.67 Å². The lowest BCUT2D eigenvalue weighted by molar-refractivity contribution is 0.0924. The van der Waals surface area contributed by atoms with Crippen LogP contribution < -0.4 is 16.3 Å². The Bertz CT molecular complexity index is 1150. The highest BCUT2D eigenvalue weighted by Gasteiger charge is 2.23. The van der Waals surface area contributed by atoms with Crippen LogP contribution in [0.5, 0.6) is 5.75 Å². The van der Waals surface area contributed by atoms with Gasteiger partial charge in [0.05, 0.1) is 5.56 Å². The fourth-order valence-electron chi connectivity index (χ4n) is 2.89. The molecule has 11 heteroatoms. The molecule has 0 aliphatic heterocycles. The second-order valence-corrected chi connectivity index (χ2v) is 7.44. The molecule has 8 nitrogen and oxygen atoms in total. The van der Waals surface area contributed by atoms with Gasteiger partial charge in [0.2, 0.25) is 5.43 Å². The van der Waals surface area contributed by atoms with E-state index in [-0.39, 0.29) is 28.2 Å². The van der Waals surface area contributed by atoms with E-state index in [1.807, 2.05) is 6.92 Å². The van der Waals surface area contributed by atoms with Crippen molar-refractivity contribution in [2.45, 2.75) is 26.3 Å². The molecular formula is C19H19F2N5O3S. The molecule has 0 radical (unpaired) electrons. The topological polar surface area (TPSA) is 109 Å². The number of benzene rings is 1. The van der Waals surface area contributed by atoms with Gasteiger partial charge in [-0.05, 0) is 18.1 Å². The number of nitrogens with zero attached hydrogens (tertiary/aromatic N) is 3. The molecule has 2 aromatic heterocycles. The van der Waals surface area contributed by atoms with Crippen LogP contribution >= 0.6 is 11.3 Å². The lowest BCUT2D eigenvalue weighted by Gasteiger charge is -2.15. The fourth-order valence-corrected chi connectivity index (χ4v) is 3.76. The molecule has 3 rings (SSSR count). The maximum absolute atomic E-state index is 13.9. The van der Waals surface area contributed by atoms with Crippen LogP contribution in [0.25, 0.3) is 10.6 Å². The predicted molar refractivity (Wildman–Crippen MR) is 107 cm³/mol. The van der Waals surface area contributed by atoms with E-state index in [1.54, 1.807) is 0 Å². The van der Waals surface area contributed by atoms with Gasteiger partial charge in [0, 0.05) is 32.3 Å². The molecule has 1 aromatic carbocycles. The third-order valence-corrected chi connectivity index (χ3v) is 5.18. The number of pyridine rings is 1. The van der Waals surface area contributed by atoms with Crippen molar-refractivity contribution in [3.8, 4) is 16.3 Å². The summed E-state index contributed by atoms with van der Waals surface area (Å²) < 4.78 is 28.4. The number of carbonyl (C=O) groups excluding carboxylic acids is 1. The summed E-state index contributed by atoms with van der Waals surface area (Å²) in [5.74, 6) is -2.73. The molecule has 0 atom stereocenters. The van der Waals surface area contributed by atoms with Crippen molar-refractivity contribution in [1.82, 2.24) is 25.6 Å². The van der Waals surface area contributed by atoms with Crippen molar-refractivity contribution in [3.05, 3.63) is 62.5 Å². The van der Waals surface area contributed by atoms with Crippen molar-refractivity contribution in [1.29, 1.82) is 0 Å². The molecule has 3 N–H and O–H groups in total. The van der Waals surface area contributed by atoms with Gasteiger partial charge in [-0.1, -0.05) is 24.3 Å². The first-order valence-corrected chi connectivity index (χ1v) is 9.87. The van der Waals surface area contributed by atoms with E-state index in [2.05, 4.69) is 21.0 Å². The first kappa shape index (κ1) is 21.5. The maximum atomic E-state index is 13.9. The van der Waals surface area contributed by atoms with E-state index in [0.29, 0.717) is 18.0 Å². The van der Waals surface area contributed by atoms with Crippen LogP contribution in [-0.2, 0) is 13.0 Å². The van der Waals surface area contributed by atoms with Crippen molar-refractivity contribution in [2.75, 3.05) is 7.05 Å². The van der Waals surface area contributed by atoms with E-state index < -0.39 is 28.7 Å². The molecule has 0 saturated heterocycles. The van der Waals surface area contributed by atoms with Gasteiger partial charge in [-0.3, -0.25) is 15.0 Å². The van der Waals surface area contributed by atoms with Gasteiger partial charge in [0.25, 0.3) is 5.91 Å². The summed E-state index contributed by atoms with van der Waals surface area (Å²) >= 11 is 1.05. The van der Waals surface area contributed by atoms with Crippen LogP contribution in [-0.4, -0.2) is 32.8 Å². The molecule has 0 unspecified atom stereocenters. The van der Waals surface area contributed by atoms with E-state index >= 15 is 0 Å². The summed E-state index contributed by atoms with van der Waals surface area (Å²) in [5.41, 5.74) is 4.18. The molecule has 1 amide bonds. The summed E-state index contributed by atoms with van der Waals surface area (Å²) in [6.07, 6.45) is 2.16. The first-order chi connectivity index (χ1) is 14.3. The number of aromatic hydroxyl groups is 1. The Morgan fingerprint density at radius 3 is 2.73 bits per heavy atom. The van der Waals surface area contributed by atoms with Crippen molar-refractivity contribution in [2.24, 2.45) is 0 Å². The average molecular weight is 435 g/mol. The lowest BCUT2D eigenvalue weighted by atomic mass is 10.1. The minimum Gasteiger partial charge on any atom is -0.503 e. The number of nitrogens with one attached hydrogen (secondary N) is 2. The Balaban J connectivity index is 2.00. The number of carbonyl (C=O) groups is 1. The SMILES string of the molecule is CCCn1cc(-c2nnc(Cc3ccc(F)cc3F)s2)c(=O)c(O)c1C(=O)NNC. The molecular weight excluding hydrogens is 416 g/mol. The van der Waals surface area contributed by atoms with Gasteiger partial charge in [-0.15, -0.1) is 10.2 Å². The number of aryl methyl sites for hydroxylation is 1. The van der Waals surface area contributed by atoms with E-state index in [0.717, 1.165) is 23.5 Å². The Labute approximate surface area is 174 Å². The van der Waals surface area contributed by atoms with Gasteiger partial charge in [-0.2, -0.15) is 0 Å². The molecule has 0 saturated carbocycles. The normalized spacial score (nSPS) is 10.9. The number of rotatable bonds is 7. The van der Waals surface area contributed by atoms with Crippen LogP contribution in [0.3, 0.4) is 0 Å². The number of hydrazine groups is 1. The fraction of sp³-hybridized carbons (Fsp3) is 0.263. The molecule has 158 valence electrons. The summed E-state index contributed by atoms with van der Waals surface area (Å²) in [4.78, 5) is 24.9. The van der Waals surface area contributed by atoms with Crippen LogP contribution in [0.1, 0.15) is 34.4 Å². The smallest absolute Gasteiger partial charge is 0.285 e. The molecule has 0 spiro atoms.